The van der Waals surface area contributed by atoms with E-state index in [0.29, 0.717) is 39.0 Å². The highest BCUT2D eigenvalue weighted by Crippen LogP contribution is 2.31. The Kier molecular flexibility index (Phi) is 4.82. The first kappa shape index (κ1) is 16.9. The van der Waals surface area contributed by atoms with Crippen molar-refractivity contribution in [3.63, 3.8) is 0 Å². The maximum absolute atomic E-state index is 13.9. The summed E-state index contributed by atoms with van der Waals surface area (Å²) in [6.45, 7) is 1.58. The molecule has 0 aromatic heterocycles. The Hall–Kier alpha value is -1.99. The molecule has 2 fully saturated rings. The topological polar surface area (TPSA) is 84.7 Å². The van der Waals surface area contributed by atoms with Gasteiger partial charge >= 0.3 is 0 Å². The zero-order chi connectivity index (χ0) is 17.2. The van der Waals surface area contributed by atoms with Crippen LogP contribution in [0.2, 0.25) is 0 Å². The Labute approximate surface area is 140 Å². The Bertz CT molecular complexity index is 631. The average Bonchev–Trinajstić information content (AvgIpc) is 2.96. The maximum atomic E-state index is 13.9. The van der Waals surface area contributed by atoms with Crippen LogP contribution in [-0.2, 0) is 14.3 Å². The highest BCUT2D eigenvalue weighted by atomic mass is 19.1. The highest BCUT2D eigenvalue weighted by molar-refractivity contribution is 6.01. The molecule has 1 unspecified atom stereocenters. The second kappa shape index (κ2) is 6.86. The summed E-state index contributed by atoms with van der Waals surface area (Å²) >= 11 is 0. The predicted molar refractivity (Wildman–Crippen MR) is 86.8 cm³/mol. The second-order valence-electron chi connectivity index (χ2n) is 6.35. The SMILES string of the molecule is NCC1(C(=O)NC2CCN(c3ccccc3F)C2=O)CCOCC1. The molecule has 0 aliphatic carbocycles. The van der Waals surface area contributed by atoms with Crippen molar-refractivity contribution in [2.24, 2.45) is 11.1 Å². The molecule has 0 saturated carbocycles. The van der Waals surface area contributed by atoms with Crippen LogP contribution < -0.4 is 16.0 Å². The summed E-state index contributed by atoms with van der Waals surface area (Å²) in [5, 5.41) is 2.82. The quantitative estimate of drug-likeness (QED) is 0.852. The molecule has 1 aromatic rings. The summed E-state index contributed by atoms with van der Waals surface area (Å²) in [7, 11) is 0. The molecular formula is C17H22FN3O3. The fourth-order valence-corrected chi connectivity index (χ4v) is 3.32. The summed E-state index contributed by atoms with van der Waals surface area (Å²) in [6.07, 6.45) is 1.55. The van der Waals surface area contributed by atoms with Crippen LogP contribution in [0.25, 0.3) is 0 Å². The van der Waals surface area contributed by atoms with E-state index in [1.807, 2.05) is 0 Å². The van der Waals surface area contributed by atoms with Gasteiger partial charge in [0.15, 0.2) is 0 Å². The summed E-state index contributed by atoms with van der Waals surface area (Å²) < 4.78 is 19.2. The fraction of sp³-hybridized carbons (Fsp3) is 0.529. The number of nitrogens with two attached hydrogens (primary N) is 1. The minimum atomic E-state index is -0.677. The molecule has 7 heteroatoms. The van der Waals surface area contributed by atoms with Gasteiger partial charge in [0.05, 0.1) is 11.1 Å². The monoisotopic (exact) mass is 335 g/mol. The van der Waals surface area contributed by atoms with Crippen LogP contribution in [-0.4, -0.2) is 44.2 Å². The third-order valence-electron chi connectivity index (χ3n) is 4.98. The van der Waals surface area contributed by atoms with Crippen LogP contribution in [0, 0.1) is 11.2 Å². The van der Waals surface area contributed by atoms with Gasteiger partial charge in [-0.05, 0) is 31.4 Å². The molecular weight excluding hydrogens is 313 g/mol. The summed E-state index contributed by atoms with van der Waals surface area (Å²) in [5.41, 5.74) is 5.40. The second-order valence-corrected chi connectivity index (χ2v) is 6.35. The van der Waals surface area contributed by atoms with Crippen molar-refractivity contribution in [3.05, 3.63) is 30.1 Å². The molecule has 1 aromatic carbocycles. The number of hydrogen-bond acceptors (Lipinski definition) is 4. The number of amides is 2. The predicted octanol–water partition coefficient (Wildman–Crippen LogP) is 0.803. The number of para-hydroxylation sites is 1. The van der Waals surface area contributed by atoms with Crippen molar-refractivity contribution in [3.8, 4) is 0 Å². The molecule has 2 heterocycles. The van der Waals surface area contributed by atoms with Gasteiger partial charge in [-0.3, -0.25) is 9.59 Å². The molecule has 2 aliphatic rings. The van der Waals surface area contributed by atoms with Crippen molar-refractivity contribution < 1.29 is 18.7 Å². The number of halogens is 1. The highest BCUT2D eigenvalue weighted by Gasteiger charge is 2.42. The number of rotatable bonds is 4. The first-order valence-electron chi connectivity index (χ1n) is 8.22. The van der Waals surface area contributed by atoms with Crippen molar-refractivity contribution in [2.45, 2.75) is 25.3 Å². The van der Waals surface area contributed by atoms with Gasteiger partial charge in [0.2, 0.25) is 11.8 Å². The Morgan fingerprint density at radius 1 is 1.38 bits per heavy atom. The van der Waals surface area contributed by atoms with E-state index in [0.717, 1.165) is 0 Å². The first-order valence-corrected chi connectivity index (χ1v) is 8.22. The van der Waals surface area contributed by atoms with Gasteiger partial charge < -0.3 is 20.7 Å². The number of nitrogens with zero attached hydrogens (tertiary/aromatic N) is 1. The van der Waals surface area contributed by atoms with E-state index in [1.165, 1.54) is 11.0 Å². The van der Waals surface area contributed by atoms with Gasteiger partial charge in [-0.25, -0.2) is 4.39 Å². The van der Waals surface area contributed by atoms with Crippen molar-refractivity contribution in [2.75, 3.05) is 31.2 Å². The molecule has 2 saturated heterocycles. The summed E-state index contributed by atoms with van der Waals surface area (Å²) in [6, 6.07) is 5.51. The number of ether oxygens (including phenoxy) is 1. The standard InChI is InChI=1S/C17H22FN3O3/c18-12-3-1-2-4-14(12)21-8-5-13(15(21)22)20-16(23)17(11-19)6-9-24-10-7-17/h1-4,13H,5-11,19H2,(H,20,23). The van der Waals surface area contributed by atoms with E-state index < -0.39 is 17.3 Å². The van der Waals surface area contributed by atoms with Gasteiger partial charge in [0.1, 0.15) is 11.9 Å². The lowest BCUT2D eigenvalue weighted by Gasteiger charge is -2.35. The van der Waals surface area contributed by atoms with E-state index in [9.17, 15) is 14.0 Å². The Morgan fingerprint density at radius 2 is 2.08 bits per heavy atom. The van der Waals surface area contributed by atoms with Crippen LogP contribution in [0.4, 0.5) is 10.1 Å². The van der Waals surface area contributed by atoms with E-state index in [1.54, 1.807) is 18.2 Å². The van der Waals surface area contributed by atoms with E-state index in [4.69, 9.17) is 10.5 Å². The Morgan fingerprint density at radius 3 is 2.75 bits per heavy atom. The number of nitrogens with one attached hydrogen (secondary N) is 1. The minimum absolute atomic E-state index is 0.206. The summed E-state index contributed by atoms with van der Waals surface area (Å²) in [4.78, 5) is 26.6. The third kappa shape index (κ3) is 3.01. The number of benzene rings is 1. The van der Waals surface area contributed by atoms with Gasteiger partial charge in [-0.15, -0.1) is 0 Å². The lowest BCUT2D eigenvalue weighted by atomic mass is 9.79. The first-order chi connectivity index (χ1) is 11.6. The van der Waals surface area contributed by atoms with Crippen LogP contribution >= 0.6 is 0 Å². The third-order valence-corrected chi connectivity index (χ3v) is 4.98. The number of carbonyl (C=O) groups is 2. The minimum Gasteiger partial charge on any atom is -0.381 e. The Balaban J connectivity index is 1.69. The molecule has 2 amide bonds. The molecule has 1 atom stereocenters. The molecule has 3 N–H and O–H groups in total. The zero-order valence-corrected chi connectivity index (χ0v) is 13.5. The normalized spacial score (nSPS) is 23.3. The van der Waals surface area contributed by atoms with E-state index in [2.05, 4.69) is 5.32 Å². The number of carbonyl (C=O) groups excluding carboxylic acids is 2. The van der Waals surface area contributed by atoms with E-state index >= 15 is 0 Å². The van der Waals surface area contributed by atoms with Crippen LogP contribution in [0.5, 0.6) is 0 Å². The lowest BCUT2D eigenvalue weighted by Crippen LogP contribution is -2.53. The van der Waals surface area contributed by atoms with Gasteiger partial charge in [-0.1, -0.05) is 12.1 Å². The van der Waals surface area contributed by atoms with Crippen LogP contribution in [0.1, 0.15) is 19.3 Å². The smallest absolute Gasteiger partial charge is 0.249 e. The number of anilines is 1. The lowest BCUT2D eigenvalue weighted by molar-refractivity contribution is -0.138. The molecule has 0 radical (unpaired) electrons. The van der Waals surface area contributed by atoms with Gasteiger partial charge in [-0.2, -0.15) is 0 Å². The van der Waals surface area contributed by atoms with Crippen molar-refractivity contribution in [1.82, 2.24) is 5.32 Å². The average molecular weight is 335 g/mol. The molecule has 0 spiro atoms. The molecule has 6 nitrogen and oxygen atoms in total. The van der Waals surface area contributed by atoms with Crippen molar-refractivity contribution >= 4 is 17.5 Å². The molecule has 3 rings (SSSR count). The molecule has 0 bridgehead atoms. The largest absolute Gasteiger partial charge is 0.381 e. The molecule has 130 valence electrons. The van der Waals surface area contributed by atoms with Crippen LogP contribution in [0.15, 0.2) is 24.3 Å². The summed E-state index contributed by atoms with van der Waals surface area (Å²) in [5.74, 6) is -0.935. The van der Waals surface area contributed by atoms with Crippen molar-refractivity contribution in [1.29, 1.82) is 0 Å². The number of hydrogen-bond donors (Lipinski definition) is 2. The van der Waals surface area contributed by atoms with Crippen LogP contribution in [0.3, 0.4) is 0 Å². The zero-order valence-electron chi connectivity index (χ0n) is 13.5. The van der Waals surface area contributed by atoms with Gasteiger partial charge in [0.25, 0.3) is 0 Å². The maximum Gasteiger partial charge on any atom is 0.249 e. The molecule has 24 heavy (non-hydrogen) atoms. The van der Waals surface area contributed by atoms with Gasteiger partial charge in [0, 0.05) is 26.3 Å². The fourth-order valence-electron chi connectivity index (χ4n) is 3.32. The van der Waals surface area contributed by atoms with E-state index in [-0.39, 0.29) is 24.0 Å². The molecule has 2 aliphatic heterocycles.